The van der Waals surface area contributed by atoms with E-state index in [0.29, 0.717) is 16.5 Å². The fourth-order valence-electron chi connectivity index (χ4n) is 6.04. The van der Waals surface area contributed by atoms with Crippen molar-refractivity contribution in [1.29, 1.82) is 0 Å². The van der Waals surface area contributed by atoms with E-state index in [-0.39, 0.29) is 11.6 Å². The molecular weight excluding hydrogens is 819 g/mol. The predicted octanol–water partition coefficient (Wildman–Crippen LogP) is 8.58. The number of hydrogen-bond acceptors (Lipinski definition) is 5. The van der Waals surface area contributed by atoms with Gasteiger partial charge in [0.2, 0.25) is 27.6 Å². The molecule has 0 bridgehead atoms. The predicted molar refractivity (Wildman–Crippen MR) is 186 cm³/mol. The maximum Gasteiger partial charge on any atom is 0.338 e. The van der Waals surface area contributed by atoms with Gasteiger partial charge in [0.05, 0.1) is 30.0 Å². The van der Waals surface area contributed by atoms with Crippen molar-refractivity contribution in [2.75, 3.05) is 30.4 Å². The smallest absolute Gasteiger partial charge is 0.338 e. The molecule has 0 heterocycles. The fourth-order valence-corrected chi connectivity index (χ4v) is 7.51. The zero-order valence-electron chi connectivity index (χ0n) is 31.0. The van der Waals surface area contributed by atoms with E-state index in [4.69, 9.17) is 0 Å². The van der Waals surface area contributed by atoms with E-state index in [0.717, 1.165) is 30.0 Å². The number of nitrogens with zero attached hydrogens (tertiary/aromatic N) is 3. The molecule has 5 rings (SSSR count). The maximum absolute atomic E-state index is 15.4. The van der Waals surface area contributed by atoms with Gasteiger partial charge in [0.1, 0.15) is 5.82 Å². The van der Waals surface area contributed by atoms with Gasteiger partial charge in [0.25, 0.3) is 0 Å². The molecule has 1 amide bonds. The van der Waals surface area contributed by atoms with E-state index in [1.54, 1.807) is 12.1 Å². The summed E-state index contributed by atoms with van der Waals surface area (Å²) in [5, 5.41) is 9.61. The first-order valence-corrected chi connectivity index (χ1v) is 18.4. The standard InChI is InChI=1S/C38H32F11N3O5S/c1-38(2,3)19-9-16(8-18(10-19)17-6-7-17)13-52(24-12-22(39)20(37(54)55)11-23(24)50(4)5)25(53)15-51(14-21-26(40)28(42)30(44)29(43)27(21)41)58(56,57)36-34(48)32(46)31(45)33(47)35(36)49/h8-12,17H,6-7,13-15H2,1-5H3,(H,54,55). The minimum absolute atomic E-state index is 0.0954. The third-order valence-corrected chi connectivity index (χ3v) is 11.2. The number of carboxylic acids is 1. The van der Waals surface area contributed by atoms with Crippen molar-refractivity contribution < 1.29 is 71.4 Å². The van der Waals surface area contributed by atoms with Gasteiger partial charge in [0, 0.05) is 32.3 Å². The van der Waals surface area contributed by atoms with Crippen molar-refractivity contribution in [3.8, 4) is 0 Å². The third-order valence-electron chi connectivity index (χ3n) is 9.35. The Morgan fingerprint density at radius 2 is 1.19 bits per heavy atom. The lowest BCUT2D eigenvalue weighted by Crippen LogP contribution is -2.44. The van der Waals surface area contributed by atoms with Crippen LogP contribution < -0.4 is 9.80 Å². The summed E-state index contributed by atoms with van der Waals surface area (Å²) < 4.78 is 188. The van der Waals surface area contributed by atoms with E-state index >= 15 is 22.0 Å². The number of sulfonamides is 1. The highest BCUT2D eigenvalue weighted by molar-refractivity contribution is 7.89. The summed E-state index contributed by atoms with van der Waals surface area (Å²) in [6, 6.07) is 6.55. The second kappa shape index (κ2) is 15.8. The first kappa shape index (κ1) is 43.9. The highest BCUT2D eigenvalue weighted by Gasteiger charge is 2.41. The number of carbonyl (C=O) groups is 2. The minimum atomic E-state index is -6.41. The molecule has 312 valence electrons. The van der Waals surface area contributed by atoms with Gasteiger partial charge >= 0.3 is 5.97 Å². The normalized spacial score (nSPS) is 13.3. The molecule has 4 aromatic rings. The molecular formula is C38H32F11N3O5S. The van der Waals surface area contributed by atoms with Crippen molar-refractivity contribution in [3.63, 3.8) is 0 Å². The Kier molecular flexibility index (Phi) is 12.0. The van der Waals surface area contributed by atoms with Crippen molar-refractivity contribution in [2.45, 2.75) is 62.9 Å². The minimum Gasteiger partial charge on any atom is -0.478 e. The van der Waals surface area contributed by atoms with Crippen LogP contribution >= 0.6 is 0 Å². The summed E-state index contributed by atoms with van der Waals surface area (Å²) in [5.41, 5.74) is -2.30. The molecule has 1 saturated carbocycles. The SMILES string of the molecule is CN(C)c1cc(C(=O)O)c(F)cc1N(Cc1cc(C2CC2)cc(C(C)(C)C)c1)C(=O)CN(Cc1c(F)c(F)c(F)c(F)c1F)S(=O)(=O)c1c(F)c(F)c(F)c(F)c1F. The molecule has 0 saturated heterocycles. The summed E-state index contributed by atoms with van der Waals surface area (Å²) >= 11 is 0. The highest BCUT2D eigenvalue weighted by Crippen LogP contribution is 2.43. The Balaban J connectivity index is 1.77. The number of anilines is 2. The number of benzene rings is 4. The number of rotatable bonds is 12. The quantitative estimate of drug-likeness (QED) is 0.0872. The zero-order chi connectivity index (χ0) is 43.5. The zero-order valence-corrected chi connectivity index (χ0v) is 31.8. The molecule has 0 radical (unpaired) electrons. The van der Waals surface area contributed by atoms with Crippen LogP contribution in [0.1, 0.15) is 72.1 Å². The van der Waals surface area contributed by atoms with Crippen LogP contribution in [-0.4, -0.2) is 50.3 Å². The number of hydrogen-bond donors (Lipinski definition) is 1. The van der Waals surface area contributed by atoms with Crippen LogP contribution in [0.2, 0.25) is 0 Å². The number of carbonyl (C=O) groups excluding carboxylic acids is 1. The Hall–Kier alpha value is -5.24. The van der Waals surface area contributed by atoms with E-state index in [1.807, 2.05) is 26.8 Å². The van der Waals surface area contributed by atoms with E-state index in [1.165, 1.54) is 19.0 Å². The maximum atomic E-state index is 15.4. The van der Waals surface area contributed by atoms with Gasteiger partial charge in [-0.1, -0.05) is 39.0 Å². The third kappa shape index (κ3) is 8.21. The average molecular weight is 852 g/mol. The molecule has 0 atom stereocenters. The molecule has 1 aliphatic carbocycles. The summed E-state index contributed by atoms with van der Waals surface area (Å²) in [7, 11) is -3.74. The Morgan fingerprint density at radius 3 is 1.66 bits per heavy atom. The van der Waals surface area contributed by atoms with Crippen molar-refractivity contribution >= 4 is 33.3 Å². The monoisotopic (exact) mass is 851 g/mol. The molecule has 0 unspecified atom stereocenters. The van der Waals surface area contributed by atoms with Gasteiger partial charge in [0.15, 0.2) is 51.4 Å². The van der Waals surface area contributed by atoms with Gasteiger partial charge in [-0.15, -0.1) is 0 Å². The Bertz CT molecular complexity index is 2410. The number of amides is 1. The Labute approximate surface area is 324 Å². The molecule has 1 aliphatic rings. The van der Waals surface area contributed by atoms with Crippen LogP contribution in [0.5, 0.6) is 0 Å². The summed E-state index contributed by atoms with van der Waals surface area (Å²) in [5.74, 6) is -32.4. The van der Waals surface area contributed by atoms with Crippen molar-refractivity contribution in [1.82, 2.24) is 4.31 Å². The average Bonchev–Trinajstić information content (AvgIpc) is 4.00. The highest BCUT2D eigenvalue weighted by atomic mass is 32.2. The molecule has 20 heteroatoms. The lowest BCUT2D eigenvalue weighted by molar-refractivity contribution is -0.119. The topological polar surface area (TPSA) is 98.2 Å². The van der Waals surface area contributed by atoms with Crippen molar-refractivity contribution in [2.24, 2.45) is 0 Å². The van der Waals surface area contributed by atoms with Crippen LogP contribution in [0.3, 0.4) is 0 Å². The van der Waals surface area contributed by atoms with Crippen LogP contribution in [-0.2, 0) is 33.3 Å². The molecule has 4 aromatic carbocycles. The first-order chi connectivity index (χ1) is 26.8. The summed E-state index contributed by atoms with van der Waals surface area (Å²) in [6.07, 6.45) is 1.59. The van der Waals surface area contributed by atoms with Gasteiger partial charge < -0.3 is 14.9 Å². The Morgan fingerprint density at radius 1 is 0.690 bits per heavy atom. The lowest BCUT2D eigenvalue weighted by atomic mass is 9.84. The van der Waals surface area contributed by atoms with Crippen LogP contribution in [0.25, 0.3) is 0 Å². The van der Waals surface area contributed by atoms with Crippen LogP contribution in [0.15, 0.2) is 35.2 Å². The number of carboxylic acid groups (broad SMARTS) is 1. The molecule has 0 aliphatic heterocycles. The van der Waals surface area contributed by atoms with Crippen LogP contribution in [0, 0.1) is 64.0 Å². The molecule has 8 nitrogen and oxygen atoms in total. The first-order valence-electron chi connectivity index (χ1n) is 17.0. The molecule has 58 heavy (non-hydrogen) atoms. The van der Waals surface area contributed by atoms with E-state index in [9.17, 15) is 49.5 Å². The second-order valence-electron chi connectivity index (χ2n) is 14.7. The molecule has 0 aromatic heterocycles. The second-order valence-corrected chi connectivity index (χ2v) is 16.6. The fraction of sp³-hybridized carbons (Fsp3) is 0.316. The van der Waals surface area contributed by atoms with E-state index < -0.39 is 137 Å². The number of aromatic carboxylic acids is 1. The number of halogens is 11. The molecule has 1 N–H and O–H groups in total. The molecule has 1 fully saturated rings. The summed E-state index contributed by atoms with van der Waals surface area (Å²) in [6.45, 7) is 0.913. The van der Waals surface area contributed by atoms with Gasteiger partial charge in [-0.05, 0) is 46.9 Å². The summed E-state index contributed by atoms with van der Waals surface area (Å²) in [4.78, 5) is 25.6. The van der Waals surface area contributed by atoms with Crippen molar-refractivity contribution in [3.05, 3.63) is 122 Å². The van der Waals surface area contributed by atoms with Gasteiger partial charge in [-0.25, -0.2) is 61.5 Å². The van der Waals surface area contributed by atoms with Gasteiger partial charge in [-0.2, -0.15) is 4.31 Å². The van der Waals surface area contributed by atoms with Crippen LogP contribution in [0.4, 0.5) is 59.7 Å². The van der Waals surface area contributed by atoms with E-state index in [2.05, 4.69) is 0 Å². The van der Waals surface area contributed by atoms with Gasteiger partial charge in [-0.3, -0.25) is 4.79 Å². The lowest BCUT2D eigenvalue weighted by Gasteiger charge is -2.31. The largest absolute Gasteiger partial charge is 0.478 e. The molecule has 0 spiro atoms.